The number of methoxy groups -OCH3 is 1. The molecule has 0 aliphatic carbocycles. The van der Waals surface area contributed by atoms with E-state index in [-0.39, 0.29) is 5.56 Å². The van der Waals surface area contributed by atoms with E-state index in [0.717, 1.165) is 41.0 Å². The summed E-state index contributed by atoms with van der Waals surface area (Å²) in [6.07, 6.45) is 2.31. The van der Waals surface area contributed by atoms with Crippen LogP contribution >= 0.6 is 0 Å². The lowest BCUT2D eigenvalue weighted by molar-refractivity contribution is -0.161. The molecule has 8 nitrogen and oxygen atoms in total. The molecule has 0 fully saturated rings. The largest absolute Gasteiger partial charge is 0.497 e. The van der Waals surface area contributed by atoms with Crippen LogP contribution in [0.25, 0.3) is 22.0 Å². The van der Waals surface area contributed by atoms with Crippen LogP contribution in [-0.2, 0) is 29.5 Å². The summed E-state index contributed by atoms with van der Waals surface area (Å²) in [5.74, 6) is 0.443. The van der Waals surface area contributed by atoms with Gasteiger partial charge >= 0.3 is 5.97 Å². The zero-order valence-electron chi connectivity index (χ0n) is 23.0. The van der Waals surface area contributed by atoms with Crippen LogP contribution in [0, 0.1) is 0 Å². The van der Waals surface area contributed by atoms with Crippen molar-refractivity contribution in [2.45, 2.75) is 51.9 Å². The molecule has 204 valence electrons. The van der Waals surface area contributed by atoms with Gasteiger partial charge in [0.25, 0.3) is 5.56 Å². The maximum atomic E-state index is 13.9. The molecule has 1 atom stereocenters. The molecule has 8 heteroatoms. The molecule has 2 aromatic heterocycles. The molecule has 0 amide bonds. The van der Waals surface area contributed by atoms with Crippen LogP contribution in [0.3, 0.4) is 0 Å². The van der Waals surface area contributed by atoms with Crippen molar-refractivity contribution in [1.82, 2.24) is 9.13 Å². The highest BCUT2D eigenvalue weighted by molar-refractivity contribution is 5.98. The lowest BCUT2D eigenvalue weighted by Gasteiger charge is -2.28. The van der Waals surface area contributed by atoms with Gasteiger partial charge in [-0.25, -0.2) is 4.79 Å². The molecule has 5 rings (SSSR count). The average molecular weight is 531 g/mol. The number of benzene rings is 2. The summed E-state index contributed by atoms with van der Waals surface area (Å²) in [6, 6.07) is 15.5. The van der Waals surface area contributed by atoms with E-state index in [0.29, 0.717) is 35.3 Å². The molecule has 39 heavy (non-hydrogen) atoms. The number of carboxylic acid groups (broad SMARTS) is 1. The van der Waals surface area contributed by atoms with Gasteiger partial charge in [-0.2, -0.15) is 0 Å². The van der Waals surface area contributed by atoms with E-state index in [9.17, 15) is 14.7 Å². The molecule has 1 unspecified atom stereocenters. The first-order valence-corrected chi connectivity index (χ1v) is 13.1. The van der Waals surface area contributed by atoms with Gasteiger partial charge in [0.1, 0.15) is 17.0 Å². The fourth-order valence-corrected chi connectivity index (χ4v) is 5.25. The molecule has 1 aliphatic rings. The van der Waals surface area contributed by atoms with E-state index >= 15 is 0 Å². The third-order valence-corrected chi connectivity index (χ3v) is 7.01. The van der Waals surface area contributed by atoms with Crippen molar-refractivity contribution in [3.63, 3.8) is 0 Å². The highest BCUT2D eigenvalue weighted by Crippen LogP contribution is 2.39. The molecule has 0 bridgehead atoms. The smallest absolute Gasteiger partial charge is 0.339 e. The predicted molar refractivity (Wildman–Crippen MR) is 150 cm³/mol. The first kappa shape index (κ1) is 26.6. The van der Waals surface area contributed by atoms with Crippen molar-refractivity contribution in [3.8, 4) is 22.6 Å². The molecule has 3 heterocycles. The Bertz CT molecular complexity index is 1590. The van der Waals surface area contributed by atoms with Crippen LogP contribution in [0.15, 0.2) is 59.5 Å². The second-order valence-corrected chi connectivity index (χ2v) is 10.9. The second-order valence-electron chi connectivity index (χ2n) is 10.9. The second kappa shape index (κ2) is 10.3. The lowest BCUT2D eigenvalue weighted by Crippen LogP contribution is -2.33. The van der Waals surface area contributed by atoms with E-state index in [1.54, 1.807) is 34.9 Å². The standard InChI is InChI=1S/C31H34N2O6/c1-31(2,3)39-28(30(35)36)27-25(21-10-13-24-20(17-21)7-6-16-38-24)23-14-15-33(26(23)29(34)32(27)4)18-19-8-11-22(37-5)12-9-19/h8-15,17,28H,6-7,16,18H2,1-5H3,(H,35,36). The third kappa shape index (κ3) is 5.16. The maximum absolute atomic E-state index is 13.9. The number of aliphatic carboxylic acids is 1. The lowest BCUT2D eigenvalue weighted by atomic mass is 9.93. The van der Waals surface area contributed by atoms with Crippen molar-refractivity contribution in [2.24, 2.45) is 7.05 Å². The quantitative estimate of drug-likeness (QED) is 0.347. The normalized spacial score (nSPS) is 14.1. The Morgan fingerprint density at radius 1 is 1.13 bits per heavy atom. The van der Waals surface area contributed by atoms with Gasteiger partial charge in [0, 0.05) is 30.7 Å². The highest BCUT2D eigenvalue weighted by atomic mass is 16.5. The summed E-state index contributed by atoms with van der Waals surface area (Å²) >= 11 is 0. The van der Waals surface area contributed by atoms with Crippen molar-refractivity contribution >= 4 is 16.9 Å². The highest BCUT2D eigenvalue weighted by Gasteiger charge is 2.33. The Kier molecular flexibility index (Phi) is 6.99. The number of hydrogen-bond donors (Lipinski definition) is 1. The minimum Gasteiger partial charge on any atom is -0.497 e. The maximum Gasteiger partial charge on any atom is 0.339 e. The molecule has 1 N–H and O–H groups in total. The Hall–Kier alpha value is -4.04. The molecule has 1 aliphatic heterocycles. The number of carbonyl (C=O) groups is 1. The van der Waals surface area contributed by atoms with Gasteiger partial charge in [-0.05, 0) is 80.6 Å². The zero-order chi connectivity index (χ0) is 27.9. The molecule has 0 saturated heterocycles. The number of fused-ring (bicyclic) bond motifs is 2. The van der Waals surface area contributed by atoms with Crippen LogP contribution in [0.4, 0.5) is 0 Å². The fraction of sp³-hybridized carbons (Fsp3) is 0.355. The van der Waals surface area contributed by atoms with E-state index in [1.807, 2.05) is 59.3 Å². The van der Waals surface area contributed by atoms with E-state index < -0.39 is 17.7 Å². The molecular weight excluding hydrogens is 496 g/mol. The minimum atomic E-state index is -1.35. The summed E-state index contributed by atoms with van der Waals surface area (Å²) in [7, 11) is 3.24. The SMILES string of the molecule is COc1ccc(Cn2ccc3c(-c4ccc5c(c4)CCCO5)c(C(OC(C)(C)C)C(=O)O)n(C)c(=O)c32)cc1. The monoisotopic (exact) mass is 530 g/mol. The molecule has 0 spiro atoms. The third-order valence-electron chi connectivity index (χ3n) is 7.01. The summed E-state index contributed by atoms with van der Waals surface area (Å²) in [4.78, 5) is 26.5. The number of carboxylic acids is 1. The van der Waals surface area contributed by atoms with Crippen molar-refractivity contribution in [3.05, 3.63) is 81.9 Å². The Labute approximate surface area is 227 Å². The van der Waals surface area contributed by atoms with Gasteiger partial charge in [0.2, 0.25) is 0 Å². The fourth-order valence-electron chi connectivity index (χ4n) is 5.25. The molecule has 0 radical (unpaired) electrons. The van der Waals surface area contributed by atoms with Crippen LogP contribution in [0.1, 0.15) is 50.1 Å². The number of hydrogen-bond acceptors (Lipinski definition) is 5. The van der Waals surface area contributed by atoms with E-state index in [1.165, 1.54) is 4.57 Å². The van der Waals surface area contributed by atoms with Crippen molar-refractivity contribution in [2.75, 3.05) is 13.7 Å². The summed E-state index contributed by atoms with van der Waals surface area (Å²) < 4.78 is 20.5. The van der Waals surface area contributed by atoms with Gasteiger partial charge in [-0.3, -0.25) is 4.79 Å². The first-order valence-electron chi connectivity index (χ1n) is 13.1. The van der Waals surface area contributed by atoms with Gasteiger partial charge in [-0.15, -0.1) is 0 Å². The van der Waals surface area contributed by atoms with Crippen LogP contribution < -0.4 is 15.0 Å². The van der Waals surface area contributed by atoms with Crippen LogP contribution in [-0.4, -0.2) is 39.5 Å². The average Bonchev–Trinajstić information content (AvgIpc) is 3.32. The number of ether oxygens (including phenoxy) is 3. The Balaban J connectivity index is 1.76. The summed E-state index contributed by atoms with van der Waals surface area (Å²) in [5, 5.41) is 11.0. The molecule has 2 aromatic carbocycles. The summed E-state index contributed by atoms with van der Waals surface area (Å²) in [5.41, 5.74) is 3.34. The Morgan fingerprint density at radius 3 is 2.54 bits per heavy atom. The van der Waals surface area contributed by atoms with Crippen LogP contribution in [0.2, 0.25) is 0 Å². The van der Waals surface area contributed by atoms with Gasteiger partial charge in [0.15, 0.2) is 6.10 Å². The molecular formula is C31H34N2O6. The van der Waals surface area contributed by atoms with Crippen molar-refractivity contribution in [1.29, 1.82) is 0 Å². The minimum absolute atomic E-state index is 0.285. The first-order chi connectivity index (χ1) is 18.6. The zero-order valence-corrected chi connectivity index (χ0v) is 23.0. The molecule has 0 saturated carbocycles. The van der Waals surface area contributed by atoms with Crippen molar-refractivity contribution < 1.29 is 24.1 Å². The molecule has 4 aromatic rings. The predicted octanol–water partition coefficient (Wildman–Crippen LogP) is 5.33. The van der Waals surface area contributed by atoms with Gasteiger partial charge < -0.3 is 28.5 Å². The van der Waals surface area contributed by atoms with E-state index in [4.69, 9.17) is 14.2 Å². The number of rotatable bonds is 7. The number of aromatic nitrogens is 2. The summed E-state index contributed by atoms with van der Waals surface area (Å²) in [6.45, 7) is 6.57. The van der Waals surface area contributed by atoms with Crippen LogP contribution in [0.5, 0.6) is 11.5 Å². The number of nitrogens with zero attached hydrogens (tertiary/aromatic N) is 2. The van der Waals surface area contributed by atoms with Gasteiger partial charge in [-0.1, -0.05) is 18.2 Å². The number of aryl methyl sites for hydroxylation is 1. The van der Waals surface area contributed by atoms with E-state index in [2.05, 4.69) is 0 Å². The van der Waals surface area contributed by atoms with Gasteiger partial charge in [0.05, 0.1) is 25.0 Å². The number of pyridine rings is 1. The Morgan fingerprint density at radius 2 is 1.87 bits per heavy atom. The topological polar surface area (TPSA) is 91.9 Å².